The number of aliphatic hydroxyl groups is 1. The molecule has 0 radical (unpaired) electrons. The summed E-state index contributed by atoms with van der Waals surface area (Å²) >= 11 is 0. The van der Waals surface area contributed by atoms with Gasteiger partial charge in [0.1, 0.15) is 5.75 Å². The van der Waals surface area contributed by atoms with Crippen molar-refractivity contribution in [2.75, 3.05) is 38.2 Å². The summed E-state index contributed by atoms with van der Waals surface area (Å²) in [5.74, 6) is -0.125. The van der Waals surface area contributed by atoms with E-state index < -0.39 is 38.4 Å². The van der Waals surface area contributed by atoms with Crippen LogP contribution in [0.15, 0.2) is 42.5 Å². The van der Waals surface area contributed by atoms with Gasteiger partial charge >= 0.3 is 6.61 Å². The predicted octanol–water partition coefficient (Wildman–Crippen LogP) is 5.19. The Hall–Kier alpha value is -2.89. The van der Waals surface area contributed by atoms with Crippen molar-refractivity contribution < 1.29 is 31.8 Å². The van der Waals surface area contributed by atoms with Crippen LogP contribution in [0.2, 0.25) is 0 Å². The van der Waals surface area contributed by atoms with E-state index in [2.05, 4.69) is 10.3 Å². The zero-order chi connectivity index (χ0) is 27.7. The molecule has 4 atom stereocenters. The number of aromatic amines is 1. The number of rotatable bonds is 10. The van der Waals surface area contributed by atoms with Crippen LogP contribution in [0, 0.1) is 0 Å². The molecular formula is C28H33F5N4O2. The summed E-state index contributed by atoms with van der Waals surface area (Å²) in [5, 5.41) is 14.6. The summed E-state index contributed by atoms with van der Waals surface area (Å²) in [6.45, 7) is -0.884. The molecule has 212 valence electrons. The van der Waals surface area contributed by atoms with E-state index >= 15 is 0 Å². The van der Waals surface area contributed by atoms with E-state index in [4.69, 9.17) is 4.74 Å². The van der Waals surface area contributed by atoms with Crippen LogP contribution in [0.5, 0.6) is 5.75 Å². The summed E-state index contributed by atoms with van der Waals surface area (Å²) in [5.41, 5.74) is 3.30. The van der Waals surface area contributed by atoms with E-state index in [1.165, 1.54) is 6.07 Å². The number of hydrogen-bond acceptors (Lipinski definition) is 5. The van der Waals surface area contributed by atoms with Gasteiger partial charge in [-0.15, -0.1) is 0 Å². The van der Waals surface area contributed by atoms with Crippen LogP contribution >= 0.6 is 0 Å². The number of aromatic nitrogens is 1. The standard InChI is InChI=1S/C28H33F5N4O2/c1-16-11-20-18-5-2-3-6-21(18)35-26(20)27(37(16)15-25(30)31)19-8-7-17(12-24(19)39-28(32)33)34-22-13-36(10-4-9-29)14-23(22)38/h2-3,5-8,12,16,22-23,25,27-28,34-35,38H,4,9-11,13-15H2,1H3/t16-,22-,23-,27-/m1/s1. The van der Waals surface area contributed by atoms with Crippen LogP contribution in [-0.2, 0) is 6.42 Å². The number of benzene rings is 2. The average Bonchev–Trinajstić information content (AvgIpc) is 3.42. The molecule has 2 aliphatic rings. The maximum absolute atomic E-state index is 13.7. The molecule has 39 heavy (non-hydrogen) atoms. The number of aliphatic hydroxyl groups excluding tert-OH is 1. The van der Waals surface area contributed by atoms with E-state index in [0.29, 0.717) is 49.4 Å². The third-order valence-corrected chi connectivity index (χ3v) is 7.72. The molecule has 2 aromatic carbocycles. The molecule has 0 aliphatic carbocycles. The van der Waals surface area contributed by atoms with Gasteiger partial charge in [0, 0.05) is 59.6 Å². The number of anilines is 1. The minimum atomic E-state index is -3.13. The van der Waals surface area contributed by atoms with Crippen molar-refractivity contribution in [2.45, 2.75) is 57.0 Å². The molecule has 3 heterocycles. The number of H-pyrrole nitrogens is 1. The smallest absolute Gasteiger partial charge is 0.387 e. The van der Waals surface area contributed by atoms with Crippen LogP contribution in [0.25, 0.3) is 10.9 Å². The molecule has 0 amide bonds. The van der Waals surface area contributed by atoms with Gasteiger partial charge in [0.25, 0.3) is 6.43 Å². The quantitative estimate of drug-likeness (QED) is 0.303. The summed E-state index contributed by atoms with van der Waals surface area (Å²) in [6.07, 6.45) is -2.44. The fourth-order valence-corrected chi connectivity index (χ4v) is 6.02. The largest absolute Gasteiger partial charge is 0.434 e. The van der Waals surface area contributed by atoms with Gasteiger partial charge in [-0.3, -0.25) is 14.2 Å². The molecule has 3 aromatic rings. The minimum absolute atomic E-state index is 0.125. The summed E-state index contributed by atoms with van der Waals surface area (Å²) in [7, 11) is 0. The lowest BCUT2D eigenvalue weighted by molar-refractivity contribution is -0.0515. The Labute approximate surface area is 223 Å². The van der Waals surface area contributed by atoms with Crippen molar-refractivity contribution in [1.29, 1.82) is 0 Å². The van der Waals surface area contributed by atoms with E-state index in [1.54, 1.807) is 17.0 Å². The maximum Gasteiger partial charge on any atom is 0.387 e. The Morgan fingerprint density at radius 1 is 1.13 bits per heavy atom. The Kier molecular flexibility index (Phi) is 8.29. The lowest BCUT2D eigenvalue weighted by Crippen LogP contribution is -2.45. The Morgan fingerprint density at radius 2 is 1.92 bits per heavy atom. The SMILES string of the molecule is C[C@@H]1Cc2c([nH]c3ccccc23)[C@@H](c2ccc(N[C@@H]3CN(CCCF)C[C@H]3O)cc2OC(F)F)N1CC(F)F. The molecule has 3 N–H and O–H groups in total. The average molecular weight is 553 g/mol. The predicted molar refractivity (Wildman–Crippen MR) is 140 cm³/mol. The minimum Gasteiger partial charge on any atom is -0.434 e. The second-order valence-electron chi connectivity index (χ2n) is 10.4. The monoisotopic (exact) mass is 552 g/mol. The summed E-state index contributed by atoms with van der Waals surface area (Å²) in [6, 6.07) is 11.0. The molecule has 6 nitrogen and oxygen atoms in total. The van der Waals surface area contributed by atoms with Crippen molar-refractivity contribution in [3.05, 3.63) is 59.3 Å². The first-order valence-corrected chi connectivity index (χ1v) is 13.2. The molecule has 0 spiro atoms. The fraction of sp³-hybridized carbons (Fsp3) is 0.500. The van der Waals surface area contributed by atoms with E-state index in [1.807, 2.05) is 36.1 Å². The molecular weight excluding hydrogens is 519 g/mol. The number of halogens is 5. The molecule has 1 fully saturated rings. The van der Waals surface area contributed by atoms with E-state index in [9.17, 15) is 27.1 Å². The van der Waals surface area contributed by atoms with Gasteiger partial charge in [-0.1, -0.05) is 24.3 Å². The van der Waals surface area contributed by atoms with Gasteiger partial charge in [0.05, 0.1) is 31.4 Å². The number of nitrogens with zero attached hydrogens (tertiary/aromatic N) is 2. The van der Waals surface area contributed by atoms with Gasteiger partial charge < -0.3 is 20.1 Å². The summed E-state index contributed by atoms with van der Waals surface area (Å²) in [4.78, 5) is 6.93. The van der Waals surface area contributed by atoms with Crippen LogP contribution in [-0.4, -0.2) is 84.0 Å². The van der Waals surface area contributed by atoms with Gasteiger partial charge in [-0.2, -0.15) is 8.78 Å². The van der Waals surface area contributed by atoms with Crippen LogP contribution in [0.1, 0.15) is 36.2 Å². The van der Waals surface area contributed by atoms with Gasteiger partial charge in [-0.05, 0) is 37.5 Å². The number of likely N-dealkylation sites (tertiary alicyclic amines) is 1. The van der Waals surface area contributed by atoms with Crippen LogP contribution in [0.3, 0.4) is 0 Å². The zero-order valence-corrected chi connectivity index (χ0v) is 21.6. The first-order chi connectivity index (χ1) is 18.7. The highest BCUT2D eigenvalue weighted by atomic mass is 19.3. The highest BCUT2D eigenvalue weighted by molar-refractivity contribution is 5.85. The Balaban J connectivity index is 1.52. The Morgan fingerprint density at radius 3 is 2.67 bits per heavy atom. The number of alkyl halides is 5. The molecule has 0 unspecified atom stereocenters. The first kappa shape index (κ1) is 27.7. The maximum atomic E-state index is 13.7. The molecule has 1 saturated heterocycles. The second-order valence-corrected chi connectivity index (χ2v) is 10.4. The van der Waals surface area contributed by atoms with Crippen molar-refractivity contribution in [3.8, 4) is 5.75 Å². The van der Waals surface area contributed by atoms with Gasteiger partial charge in [0.15, 0.2) is 0 Å². The first-order valence-electron chi connectivity index (χ1n) is 13.2. The van der Waals surface area contributed by atoms with Crippen molar-refractivity contribution in [1.82, 2.24) is 14.8 Å². The molecule has 11 heteroatoms. The number of hydrogen-bond donors (Lipinski definition) is 3. The lowest BCUT2D eigenvalue weighted by Gasteiger charge is -2.41. The van der Waals surface area contributed by atoms with Gasteiger partial charge in [0.2, 0.25) is 0 Å². The normalized spacial score (nSPS) is 24.1. The molecule has 2 aliphatic heterocycles. The van der Waals surface area contributed by atoms with Crippen molar-refractivity contribution >= 4 is 16.6 Å². The molecule has 5 rings (SSSR count). The lowest BCUT2D eigenvalue weighted by atomic mass is 9.88. The Bertz CT molecular complexity index is 1270. The number of ether oxygens (including phenoxy) is 1. The van der Waals surface area contributed by atoms with Crippen molar-refractivity contribution in [3.63, 3.8) is 0 Å². The second kappa shape index (κ2) is 11.7. The zero-order valence-electron chi connectivity index (χ0n) is 21.6. The summed E-state index contributed by atoms with van der Waals surface area (Å²) < 4.78 is 72.3. The number of fused-ring (bicyclic) bond motifs is 3. The molecule has 0 saturated carbocycles. The topological polar surface area (TPSA) is 63.8 Å². The highest BCUT2D eigenvalue weighted by Crippen LogP contribution is 2.44. The molecule has 0 bridgehead atoms. The fourth-order valence-electron chi connectivity index (χ4n) is 6.02. The third kappa shape index (κ3) is 5.85. The number of para-hydroxylation sites is 1. The van der Waals surface area contributed by atoms with Crippen LogP contribution in [0.4, 0.5) is 27.6 Å². The van der Waals surface area contributed by atoms with E-state index in [-0.39, 0.29) is 17.8 Å². The number of nitrogens with one attached hydrogen (secondary N) is 2. The number of β-amino-alcohol motifs (C(OH)–C–C–N with tert-alkyl or cyclic N) is 1. The van der Waals surface area contributed by atoms with E-state index in [0.717, 1.165) is 16.5 Å². The van der Waals surface area contributed by atoms with Crippen LogP contribution < -0.4 is 10.1 Å². The van der Waals surface area contributed by atoms with Crippen molar-refractivity contribution in [2.24, 2.45) is 0 Å². The molecule has 1 aromatic heterocycles. The third-order valence-electron chi connectivity index (χ3n) is 7.72. The highest BCUT2D eigenvalue weighted by Gasteiger charge is 2.39. The van der Waals surface area contributed by atoms with Gasteiger partial charge in [-0.25, -0.2) is 8.78 Å².